The molecule has 1 aliphatic heterocycles. The summed E-state index contributed by atoms with van der Waals surface area (Å²) in [6.07, 6.45) is 0.623. The number of ether oxygens (including phenoxy) is 1. The lowest BCUT2D eigenvalue weighted by atomic mass is 10.0. The highest BCUT2D eigenvalue weighted by Crippen LogP contribution is 2.34. The van der Waals surface area contributed by atoms with Gasteiger partial charge in [-0.05, 0) is 43.0 Å². The number of phenolic OH excluding ortho intramolecular Hbond substituents is 1. The summed E-state index contributed by atoms with van der Waals surface area (Å²) in [5.74, 6) is 1.21. The number of anilines is 3. The minimum atomic E-state index is -0.690. The van der Waals surface area contributed by atoms with Gasteiger partial charge in [0, 0.05) is 13.1 Å². The van der Waals surface area contributed by atoms with E-state index in [2.05, 4.69) is 24.5 Å². The Hall–Kier alpha value is -3.59. The van der Waals surface area contributed by atoms with E-state index in [-0.39, 0.29) is 40.3 Å². The van der Waals surface area contributed by atoms with Crippen LogP contribution in [0.4, 0.5) is 17.1 Å². The summed E-state index contributed by atoms with van der Waals surface area (Å²) in [4.78, 5) is 39.3. The first-order valence-electron chi connectivity index (χ1n) is 11.9. The molecule has 9 nitrogen and oxygen atoms in total. The van der Waals surface area contributed by atoms with Crippen molar-refractivity contribution in [2.24, 2.45) is 0 Å². The van der Waals surface area contributed by atoms with Crippen molar-refractivity contribution in [3.63, 3.8) is 0 Å². The van der Waals surface area contributed by atoms with Gasteiger partial charge < -0.3 is 29.8 Å². The summed E-state index contributed by atoms with van der Waals surface area (Å²) >= 11 is 0. The number of carbonyl (C=O) groups is 1. The van der Waals surface area contributed by atoms with E-state index in [4.69, 9.17) is 9.15 Å². The minimum absolute atomic E-state index is 0.0482. The second kappa shape index (κ2) is 9.95. The molecular formula is C26H31N3O6. The fourth-order valence-corrected chi connectivity index (χ4v) is 4.35. The fourth-order valence-electron chi connectivity index (χ4n) is 4.35. The Kier molecular flexibility index (Phi) is 6.98. The summed E-state index contributed by atoms with van der Waals surface area (Å²) in [5, 5.41) is 16.8. The van der Waals surface area contributed by atoms with Gasteiger partial charge in [-0.3, -0.25) is 14.4 Å². The van der Waals surface area contributed by atoms with Crippen molar-refractivity contribution in [1.82, 2.24) is 4.90 Å². The standard InChI is InChI=1S/C26H31N3O6/c1-5-18(20-13-17(14(2)3)15(4)35-20)27-21-22(25(32)24(21)31)28-19-8-6-7-16(23(19)30)26(33)29-9-11-34-12-10-29/h6-8,13-14,18,27-28,30H,5,9-12H2,1-4H3/t18-/m1/s1. The van der Waals surface area contributed by atoms with Crippen molar-refractivity contribution in [2.75, 3.05) is 36.9 Å². The number of phenols is 1. The van der Waals surface area contributed by atoms with Crippen molar-refractivity contribution in [3.8, 4) is 5.75 Å². The monoisotopic (exact) mass is 481 g/mol. The SMILES string of the molecule is CC[C@@H](Nc1c(Nc2cccc(C(=O)N3CCOCC3)c2O)c(=O)c1=O)c1cc(C(C)C)c(C)o1. The Morgan fingerprint density at radius 3 is 2.46 bits per heavy atom. The van der Waals surface area contributed by atoms with E-state index in [0.717, 1.165) is 11.3 Å². The third-order valence-electron chi connectivity index (χ3n) is 6.40. The number of nitrogens with one attached hydrogen (secondary N) is 2. The molecule has 2 aromatic carbocycles. The number of aromatic hydroxyl groups is 1. The van der Waals surface area contributed by atoms with Crippen LogP contribution in [0.15, 0.2) is 38.3 Å². The Balaban J connectivity index is 1.58. The van der Waals surface area contributed by atoms with Crippen LogP contribution in [0.2, 0.25) is 0 Å². The number of hydrogen-bond acceptors (Lipinski definition) is 8. The van der Waals surface area contributed by atoms with Crippen LogP contribution in [-0.4, -0.2) is 42.2 Å². The number of nitrogens with zero attached hydrogens (tertiary/aromatic N) is 1. The molecule has 1 aromatic heterocycles. The lowest BCUT2D eigenvalue weighted by Crippen LogP contribution is -2.40. The molecule has 0 aliphatic carbocycles. The van der Waals surface area contributed by atoms with E-state index in [1.165, 1.54) is 6.07 Å². The van der Waals surface area contributed by atoms with Crippen LogP contribution in [0.3, 0.4) is 0 Å². The lowest BCUT2D eigenvalue weighted by Gasteiger charge is -2.27. The largest absolute Gasteiger partial charge is 0.505 e. The molecule has 0 radical (unpaired) electrons. The zero-order chi connectivity index (χ0) is 25.3. The first-order valence-corrected chi connectivity index (χ1v) is 11.9. The Labute approximate surface area is 203 Å². The average molecular weight is 482 g/mol. The smallest absolute Gasteiger partial charge is 0.257 e. The van der Waals surface area contributed by atoms with Crippen LogP contribution in [0, 0.1) is 6.92 Å². The molecule has 2 heterocycles. The zero-order valence-electron chi connectivity index (χ0n) is 20.4. The molecule has 9 heteroatoms. The number of furan rings is 1. The number of rotatable bonds is 8. The van der Waals surface area contributed by atoms with Gasteiger partial charge in [-0.15, -0.1) is 0 Å². The van der Waals surface area contributed by atoms with E-state index in [9.17, 15) is 19.5 Å². The normalized spacial score (nSPS) is 14.9. The summed E-state index contributed by atoms with van der Waals surface area (Å²) in [6, 6.07) is 6.36. The average Bonchev–Trinajstić information content (AvgIpc) is 3.26. The number of hydrogen-bond donors (Lipinski definition) is 3. The van der Waals surface area contributed by atoms with Gasteiger partial charge in [0.2, 0.25) is 0 Å². The van der Waals surface area contributed by atoms with E-state index >= 15 is 0 Å². The molecule has 3 N–H and O–H groups in total. The topological polar surface area (TPSA) is 121 Å². The molecule has 0 saturated carbocycles. The molecule has 1 amide bonds. The Morgan fingerprint density at radius 1 is 1.14 bits per heavy atom. The maximum Gasteiger partial charge on any atom is 0.257 e. The van der Waals surface area contributed by atoms with Crippen LogP contribution >= 0.6 is 0 Å². The van der Waals surface area contributed by atoms with Gasteiger partial charge in [0.15, 0.2) is 5.75 Å². The van der Waals surface area contributed by atoms with Gasteiger partial charge in [0.25, 0.3) is 16.8 Å². The van der Waals surface area contributed by atoms with Gasteiger partial charge in [-0.1, -0.05) is 26.8 Å². The van der Waals surface area contributed by atoms with Crippen LogP contribution in [0.5, 0.6) is 5.75 Å². The summed E-state index contributed by atoms with van der Waals surface area (Å²) in [7, 11) is 0. The minimum Gasteiger partial charge on any atom is -0.505 e. The third-order valence-corrected chi connectivity index (χ3v) is 6.40. The van der Waals surface area contributed by atoms with Gasteiger partial charge in [0.05, 0.1) is 30.5 Å². The van der Waals surface area contributed by atoms with E-state index in [0.29, 0.717) is 44.4 Å². The zero-order valence-corrected chi connectivity index (χ0v) is 20.4. The number of para-hydroxylation sites is 1. The number of benzene rings is 1. The molecule has 186 valence electrons. The lowest BCUT2D eigenvalue weighted by molar-refractivity contribution is 0.0301. The van der Waals surface area contributed by atoms with Gasteiger partial charge in [-0.25, -0.2) is 0 Å². The predicted octanol–water partition coefficient (Wildman–Crippen LogP) is 3.79. The van der Waals surface area contributed by atoms with Crippen LogP contribution in [0.25, 0.3) is 0 Å². The van der Waals surface area contributed by atoms with Crippen molar-refractivity contribution in [2.45, 2.75) is 46.1 Å². The molecule has 35 heavy (non-hydrogen) atoms. The molecule has 3 aromatic rings. The highest BCUT2D eigenvalue weighted by molar-refractivity contribution is 5.99. The molecule has 0 spiro atoms. The first kappa shape index (κ1) is 24.5. The number of amides is 1. The van der Waals surface area contributed by atoms with E-state index < -0.39 is 10.9 Å². The van der Waals surface area contributed by atoms with Crippen LogP contribution in [0.1, 0.15) is 66.6 Å². The van der Waals surface area contributed by atoms with Gasteiger partial charge in [0.1, 0.15) is 22.9 Å². The Bertz CT molecular complexity index is 1300. The van der Waals surface area contributed by atoms with E-state index in [1.807, 2.05) is 19.9 Å². The highest BCUT2D eigenvalue weighted by Gasteiger charge is 2.28. The summed E-state index contributed by atoms with van der Waals surface area (Å²) in [5.41, 5.74) is 0.226. The molecular weight excluding hydrogens is 450 g/mol. The van der Waals surface area contributed by atoms with Crippen LogP contribution < -0.4 is 21.5 Å². The van der Waals surface area contributed by atoms with Crippen molar-refractivity contribution < 1.29 is 19.1 Å². The second-order valence-corrected chi connectivity index (χ2v) is 9.06. The molecule has 0 bridgehead atoms. The van der Waals surface area contributed by atoms with Crippen LogP contribution in [-0.2, 0) is 4.74 Å². The van der Waals surface area contributed by atoms with Crippen molar-refractivity contribution >= 4 is 23.0 Å². The molecule has 1 saturated heterocycles. The molecule has 1 fully saturated rings. The van der Waals surface area contributed by atoms with Gasteiger partial charge >= 0.3 is 0 Å². The summed E-state index contributed by atoms with van der Waals surface area (Å²) < 4.78 is 11.2. The molecule has 0 unspecified atom stereocenters. The second-order valence-electron chi connectivity index (χ2n) is 9.06. The molecule has 1 aliphatic rings. The molecule has 4 rings (SSSR count). The maximum atomic E-state index is 12.9. The summed E-state index contributed by atoms with van der Waals surface area (Å²) in [6.45, 7) is 9.78. The van der Waals surface area contributed by atoms with Crippen molar-refractivity contribution in [3.05, 3.63) is 67.4 Å². The maximum absolute atomic E-state index is 12.9. The van der Waals surface area contributed by atoms with Gasteiger partial charge in [-0.2, -0.15) is 0 Å². The quantitative estimate of drug-likeness (QED) is 0.328. The number of carbonyl (C=O) groups excluding carboxylic acids is 1. The van der Waals surface area contributed by atoms with E-state index in [1.54, 1.807) is 17.0 Å². The number of aryl methyl sites for hydroxylation is 1. The molecule has 1 atom stereocenters. The first-order chi connectivity index (χ1) is 16.7. The number of morpholine rings is 1. The third kappa shape index (κ3) is 4.68. The van der Waals surface area contributed by atoms with Crippen molar-refractivity contribution in [1.29, 1.82) is 0 Å². The Morgan fingerprint density at radius 2 is 1.83 bits per heavy atom. The fraction of sp³-hybridized carbons (Fsp3) is 0.423. The highest BCUT2D eigenvalue weighted by atomic mass is 16.5. The predicted molar refractivity (Wildman–Crippen MR) is 134 cm³/mol.